The number of aryl methyl sites for hydroxylation is 2. The molecule has 2 aromatic rings. The lowest BCUT2D eigenvalue weighted by molar-refractivity contribution is 0.197. The second kappa shape index (κ2) is 4.63. The van der Waals surface area contributed by atoms with E-state index in [1.807, 2.05) is 32.0 Å². The van der Waals surface area contributed by atoms with E-state index in [9.17, 15) is 5.11 Å². The molecule has 1 aromatic heterocycles. The van der Waals surface area contributed by atoms with E-state index in [-0.39, 0.29) is 0 Å². The monoisotopic (exact) mass is 228 g/mol. The Labute approximate surface area is 101 Å². The first kappa shape index (κ1) is 11.7. The highest BCUT2D eigenvalue weighted by Gasteiger charge is 2.09. The number of hydrogen-bond donors (Lipinski definition) is 1. The molecule has 0 aliphatic heterocycles. The SMILES string of the molecule is Cc1cccc(-c2ncc([C@@H](C)O)c(C)n2)c1. The third-order valence-electron chi connectivity index (χ3n) is 2.74. The zero-order chi connectivity index (χ0) is 12.4. The molecule has 1 heterocycles. The lowest BCUT2D eigenvalue weighted by atomic mass is 10.1. The molecule has 0 aliphatic rings. The maximum Gasteiger partial charge on any atom is 0.159 e. The minimum Gasteiger partial charge on any atom is -0.389 e. The Balaban J connectivity index is 2.44. The highest BCUT2D eigenvalue weighted by Crippen LogP contribution is 2.20. The minimum absolute atomic E-state index is 0.526. The van der Waals surface area contributed by atoms with Crippen LogP contribution in [0.15, 0.2) is 30.5 Å². The van der Waals surface area contributed by atoms with Crippen molar-refractivity contribution in [3.8, 4) is 11.4 Å². The summed E-state index contributed by atoms with van der Waals surface area (Å²) in [6.45, 7) is 5.65. The molecule has 0 spiro atoms. The second-order valence-corrected chi connectivity index (χ2v) is 4.28. The first-order valence-electron chi connectivity index (χ1n) is 5.66. The number of nitrogens with zero attached hydrogens (tertiary/aromatic N) is 2. The zero-order valence-corrected chi connectivity index (χ0v) is 10.3. The van der Waals surface area contributed by atoms with Crippen LogP contribution < -0.4 is 0 Å². The Hall–Kier alpha value is -1.74. The summed E-state index contributed by atoms with van der Waals surface area (Å²) in [5.74, 6) is 0.704. The first-order valence-corrected chi connectivity index (χ1v) is 5.66. The van der Waals surface area contributed by atoms with Crippen LogP contribution in [0.5, 0.6) is 0 Å². The van der Waals surface area contributed by atoms with Gasteiger partial charge in [-0.3, -0.25) is 0 Å². The largest absolute Gasteiger partial charge is 0.389 e. The minimum atomic E-state index is -0.526. The third kappa shape index (κ3) is 2.50. The van der Waals surface area contributed by atoms with Crippen molar-refractivity contribution in [2.24, 2.45) is 0 Å². The van der Waals surface area contributed by atoms with Gasteiger partial charge >= 0.3 is 0 Å². The Morgan fingerprint density at radius 2 is 2.00 bits per heavy atom. The fourth-order valence-electron chi connectivity index (χ4n) is 1.81. The van der Waals surface area contributed by atoms with Gasteiger partial charge < -0.3 is 5.11 Å². The number of rotatable bonds is 2. The van der Waals surface area contributed by atoms with Crippen molar-refractivity contribution in [2.75, 3.05) is 0 Å². The van der Waals surface area contributed by atoms with E-state index in [1.54, 1.807) is 13.1 Å². The molecule has 0 unspecified atom stereocenters. The van der Waals surface area contributed by atoms with Gasteiger partial charge in [0.15, 0.2) is 5.82 Å². The van der Waals surface area contributed by atoms with Gasteiger partial charge in [0, 0.05) is 23.0 Å². The number of aromatic nitrogens is 2. The quantitative estimate of drug-likeness (QED) is 0.859. The van der Waals surface area contributed by atoms with E-state index in [0.717, 1.165) is 16.8 Å². The summed E-state index contributed by atoms with van der Waals surface area (Å²) >= 11 is 0. The molecule has 88 valence electrons. The van der Waals surface area contributed by atoms with E-state index < -0.39 is 6.10 Å². The summed E-state index contributed by atoms with van der Waals surface area (Å²) in [5, 5.41) is 9.53. The average Bonchev–Trinajstić information content (AvgIpc) is 2.28. The summed E-state index contributed by atoms with van der Waals surface area (Å²) in [5.41, 5.74) is 3.79. The molecule has 0 aliphatic carbocycles. The van der Waals surface area contributed by atoms with Crippen molar-refractivity contribution < 1.29 is 5.11 Å². The molecule has 1 atom stereocenters. The highest BCUT2D eigenvalue weighted by atomic mass is 16.3. The fraction of sp³-hybridized carbons (Fsp3) is 0.286. The molecule has 0 radical (unpaired) electrons. The summed E-state index contributed by atoms with van der Waals surface area (Å²) in [7, 11) is 0. The molecule has 17 heavy (non-hydrogen) atoms. The van der Waals surface area contributed by atoms with Crippen molar-refractivity contribution >= 4 is 0 Å². The van der Waals surface area contributed by atoms with Gasteiger partial charge in [-0.05, 0) is 26.8 Å². The molecule has 3 heteroatoms. The normalized spacial score (nSPS) is 12.5. The molecule has 2 rings (SSSR count). The molecule has 0 bridgehead atoms. The van der Waals surface area contributed by atoms with Crippen molar-refractivity contribution in [3.63, 3.8) is 0 Å². The summed E-state index contributed by atoms with van der Waals surface area (Å²) in [6, 6.07) is 8.08. The maximum atomic E-state index is 9.53. The standard InChI is InChI=1S/C14H16N2O/c1-9-5-4-6-12(7-9)14-15-8-13(11(3)17)10(2)16-14/h4-8,11,17H,1-3H3/t11-/m1/s1. The van der Waals surface area contributed by atoms with Crippen LogP contribution >= 0.6 is 0 Å². The van der Waals surface area contributed by atoms with Gasteiger partial charge in [-0.1, -0.05) is 23.8 Å². The zero-order valence-electron chi connectivity index (χ0n) is 10.3. The Bertz CT molecular complexity index is 535. The Morgan fingerprint density at radius 3 is 2.59 bits per heavy atom. The molecule has 1 N–H and O–H groups in total. The van der Waals surface area contributed by atoms with Gasteiger partial charge in [-0.2, -0.15) is 0 Å². The van der Waals surface area contributed by atoms with Crippen LogP contribution in [0.25, 0.3) is 11.4 Å². The van der Waals surface area contributed by atoms with Gasteiger partial charge in [0.25, 0.3) is 0 Å². The summed E-state index contributed by atoms with van der Waals surface area (Å²) in [4.78, 5) is 8.74. The van der Waals surface area contributed by atoms with E-state index >= 15 is 0 Å². The van der Waals surface area contributed by atoms with Gasteiger partial charge in [0.05, 0.1) is 6.10 Å². The van der Waals surface area contributed by atoms with Crippen molar-refractivity contribution in [2.45, 2.75) is 26.9 Å². The first-order chi connectivity index (χ1) is 8.08. The van der Waals surface area contributed by atoms with Crippen molar-refractivity contribution in [1.29, 1.82) is 0 Å². The smallest absolute Gasteiger partial charge is 0.159 e. The predicted molar refractivity (Wildman–Crippen MR) is 67.6 cm³/mol. The number of benzene rings is 1. The van der Waals surface area contributed by atoms with E-state index in [2.05, 4.69) is 16.0 Å². The van der Waals surface area contributed by atoms with Crippen LogP contribution in [0.1, 0.15) is 29.8 Å². The van der Waals surface area contributed by atoms with E-state index in [1.165, 1.54) is 5.56 Å². The van der Waals surface area contributed by atoms with Gasteiger partial charge in [0.2, 0.25) is 0 Å². The lowest BCUT2D eigenvalue weighted by Gasteiger charge is -2.09. The summed E-state index contributed by atoms with van der Waals surface area (Å²) in [6.07, 6.45) is 1.17. The Morgan fingerprint density at radius 1 is 1.24 bits per heavy atom. The van der Waals surface area contributed by atoms with E-state index in [4.69, 9.17) is 0 Å². The van der Waals surface area contributed by atoms with Gasteiger partial charge in [-0.15, -0.1) is 0 Å². The van der Waals surface area contributed by atoms with Gasteiger partial charge in [0.1, 0.15) is 0 Å². The average molecular weight is 228 g/mol. The number of aliphatic hydroxyl groups is 1. The number of hydrogen-bond acceptors (Lipinski definition) is 3. The van der Waals surface area contributed by atoms with Crippen LogP contribution in [0.3, 0.4) is 0 Å². The van der Waals surface area contributed by atoms with Crippen LogP contribution in [0, 0.1) is 13.8 Å². The Kier molecular flexibility index (Phi) is 3.20. The van der Waals surface area contributed by atoms with Crippen molar-refractivity contribution in [3.05, 3.63) is 47.3 Å². The van der Waals surface area contributed by atoms with Gasteiger partial charge in [-0.25, -0.2) is 9.97 Å². The second-order valence-electron chi connectivity index (χ2n) is 4.28. The molecular weight excluding hydrogens is 212 g/mol. The predicted octanol–water partition coefficient (Wildman–Crippen LogP) is 2.81. The maximum absolute atomic E-state index is 9.53. The molecule has 3 nitrogen and oxygen atoms in total. The van der Waals surface area contributed by atoms with Crippen LogP contribution in [0.4, 0.5) is 0 Å². The number of aliphatic hydroxyl groups excluding tert-OH is 1. The molecule has 0 amide bonds. The molecule has 0 saturated heterocycles. The van der Waals surface area contributed by atoms with E-state index in [0.29, 0.717) is 5.82 Å². The summed E-state index contributed by atoms with van der Waals surface area (Å²) < 4.78 is 0. The topological polar surface area (TPSA) is 46.0 Å². The lowest BCUT2D eigenvalue weighted by Crippen LogP contribution is -2.01. The highest BCUT2D eigenvalue weighted by molar-refractivity contribution is 5.56. The van der Waals surface area contributed by atoms with Crippen LogP contribution in [-0.4, -0.2) is 15.1 Å². The third-order valence-corrected chi connectivity index (χ3v) is 2.74. The van der Waals surface area contributed by atoms with Crippen LogP contribution in [0.2, 0.25) is 0 Å². The fourth-order valence-corrected chi connectivity index (χ4v) is 1.81. The molecule has 0 fully saturated rings. The molecule has 1 aromatic carbocycles. The van der Waals surface area contributed by atoms with Crippen molar-refractivity contribution in [1.82, 2.24) is 9.97 Å². The molecule has 0 saturated carbocycles. The molecular formula is C14H16N2O. The van der Waals surface area contributed by atoms with Crippen LogP contribution in [-0.2, 0) is 0 Å².